The van der Waals surface area contributed by atoms with Crippen LogP contribution in [0, 0.1) is 24.0 Å². The molecular weight excluding hydrogens is 619 g/mol. The molecule has 4 saturated heterocycles. The molecule has 4 fully saturated rings. The second-order valence-electron chi connectivity index (χ2n) is 14.6. The monoisotopic (exact) mass is 657 g/mol. The van der Waals surface area contributed by atoms with Crippen molar-refractivity contribution >= 4 is 27.5 Å². The van der Waals surface area contributed by atoms with Gasteiger partial charge in [0.1, 0.15) is 35.7 Å². The van der Waals surface area contributed by atoms with Gasteiger partial charge in [0, 0.05) is 60.6 Å². The number of hydrogen-bond acceptors (Lipinski definition) is 8. The van der Waals surface area contributed by atoms with Gasteiger partial charge in [0.25, 0.3) is 0 Å². The number of benzene rings is 3. The molecule has 2 bridgehead atoms. The van der Waals surface area contributed by atoms with Gasteiger partial charge < -0.3 is 24.8 Å². The highest BCUT2D eigenvalue weighted by Crippen LogP contribution is 2.45. The number of alkyl halides is 1. The Hall–Kier alpha value is -4.11. The number of terminal acetylenes is 1. The number of nitrogens with one attached hydrogen (secondary N) is 1. The summed E-state index contributed by atoms with van der Waals surface area (Å²) in [6.07, 6.45) is 7.61. The highest BCUT2D eigenvalue weighted by atomic mass is 19.1. The van der Waals surface area contributed by atoms with Gasteiger partial charge >= 0.3 is 6.01 Å². The number of phenols is 1. The van der Waals surface area contributed by atoms with E-state index in [4.69, 9.17) is 20.9 Å². The van der Waals surface area contributed by atoms with Crippen molar-refractivity contribution in [1.82, 2.24) is 20.2 Å². The predicted molar refractivity (Wildman–Crippen MR) is 178 cm³/mol. The zero-order valence-corrected chi connectivity index (χ0v) is 27.2. The summed E-state index contributed by atoms with van der Waals surface area (Å²) < 4.78 is 60.2. The molecule has 0 saturated carbocycles. The molecule has 0 radical (unpaired) electrons. The minimum Gasteiger partial charge on any atom is -0.508 e. The van der Waals surface area contributed by atoms with Crippen molar-refractivity contribution in [3.63, 3.8) is 0 Å². The van der Waals surface area contributed by atoms with E-state index in [1.165, 1.54) is 18.2 Å². The van der Waals surface area contributed by atoms with Gasteiger partial charge in [-0.2, -0.15) is 9.97 Å². The van der Waals surface area contributed by atoms with E-state index in [-0.39, 0.29) is 52.0 Å². The summed E-state index contributed by atoms with van der Waals surface area (Å²) in [6.45, 7) is 6.45. The molecule has 0 amide bonds. The quantitative estimate of drug-likeness (QED) is 0.255. The number of piperazine rings is 1. The van der Waals surface area contributed by atoms with Crippen LogP contribution < -0.4 is 15.0 Å². The van der Waals surface area contributed by atoms with Crippen LogP contribution in [-0.4, -0.2) is 88.8 Å². The number of anilines is 1. The molecule has 48 heavy (non-hydrogen) atoms. The first-order valence-electron chi connectivity index (χ1n) is 16.5. The minimum atomic E-state index is -0.943. The van der Waals surface area contributed by atoms with Gasteiger partial charge in [0.05, 0.1) is 22.7 Å². The Bertz CT molecular complexity index is 2020. The number of phenolic OH excluding ortho intramolecular Hbond substituents is 1. The van der Waals surface area contributed by atoms with Gasteiger partial charge in [-0.05, 0) is 69.3 Å². The molecular formula is C37H38F3N5O3. The number of halogens is 3. The zero-order chi connectivity index (χ0) is 33.6. The van der Waals surface area contributed by atoms with E-state index >= 15 is 8.78 Å². The fourth-order valence-corrected chi connectivity index (χ4v) is 9.16. The number of aromatic hydroxyl groups is 1. The molecule has 8 rings (SSSR count). The molecule has 250 valence electrons. The van der Waals surface area contributed by atoms with Crippen LogP contribution in [0.2, 0.25) is 0 Å². The molecule has 4 aromatic rings. The first kappa shape index (κ1) is 31.2. The first-order chi connectivity index (χ1) is 22.9. The molecule has 0 aliphatic carbocycles. The normalized spacial score (nSPS) is 29.9. The Labute approximate surface area is 277 Å². The van der Waals surface area contributed by atoms with Gasteiger partial charge in [-0.1, -0.05) is 18.1 Å². The average Bonchev–Trinajstić information content (AvgIpc) is 3.63. The van der Waals surface area contributed by atoms with Crippen LogP contribution in [0.4, 0.5) is 19.0 Å². The van der Waals surface area contributed by atoms with Gasteiger partial charge in [-0.3, -0.25) is 4.90 Å². The number of ether oxygens (including phenoxy) is 2. The van der Waals surface area contributed by atoms with Crippen molar-refractivity contribution in [2.24, 2.45) is 0 Å². The van der Waals surface area contributed by atoms with Crippen LogP contribution >= 0.6 is 0 Å². The lowest BCUT2D eigenvalue weighted by Gasteiger charge is -2.45. The van der Waals surface area contributed by atoms with E-state index in [9.17, 15) is 9.50 Å². The molecule has 11 heteroatoms. The summed E-state index contributed by atoms with van der Waals surface area (Å²) in [4.78, 5) is 13.5. The molecule has 1 unspecified atom stereocenters. The highest BCUT2D eigenvalue weighted by Gasteiger charge is 2.55. The van der Waals surface area contributed by atoms with Crippen molar-refractivity contribution in [3.05, 3.63) is 53.6 Å². The minimum absolute atomic E-state index is 0.0629. The fourth-order valence-electron chi connectivity index (χ4n) is 9.16. The van der Waals surface area contributed by atoms with Gasteiger partial charge in [-0.15, -0.1) is 6.42 Å². The SMILES string of the molecule is C#Cc1cccc2cc(O)cc(-c3c(F)cc4c(N5C[C@]6(C)CC(OC)[C@@](C)(C5)N6)nc(OC[C@@]56CCCN5C[C@H](F)C6)nc4c3F)c12. The molecule has 3 aromatic carbocycles. The summed E-state index contributed by atoms with van der Waals surface area (Å²) in [7, 11) is 1.69. The lowest BCUT2D eigenvalue weighted by Crippen LogP contribution is -2.65. The van der Waals surface area contributed by atoms with E-state index in [1.807, 2.05) is 4.90 Å². The molecule has 4 aliphatic heterocycles. The van der Waals surface area contributed by atoms with E-state index in [0.29, 0.717) is 48.2 Å². The molecule has 5 heterocycles. The maximum absolute atomic E-state index is 17.0. The third-order valence-electron chi connectivity index (χ3n) is 11.0. The number of nitrogens with zero attached hydrogens (tertiary/aromatic N) is 4. The Kier molecular flexibility index (Phi) is 7.11. The number of methoxy groups -OCH3 is 1. The van der Waals surface area contributed by atoms with Crippen LogP contribution in [0.5, 0.6) is 11.8 Å². The van der Waals surface area contributed by atoms with Crippen LogP contribution in [0.3, 0.4) is 0 Å². The second-order valence-corrected chi connectivity index (χ2v) is 14.6. The summed E-state index contributed by atoms with van der Waals surface area (Å²) in [5.74, 6) is 1.02. The smallest absolute Gasteiger partial charge is 0.319 e. The third-order valence-corrected chi connectivity index (χ3v) is 11.0. The van der Waals surface area contributed by atoms with E-state index in [1.54, 1.807) is 25.3 Å². The average molecular weight is 658 g/mol. The molecule has 5 atom stereocenters. The first-order valence-corrected chi connectivity index (χ1v) is 16.5. The Morgan fingerprint density at radius 1 is 1.15 bits per heavy atom. The van der Waals surface area contributed by atoms with Crippen LogP contribution in [-0.2, 0) is 4.74 Å². The summed E-state index contributed by atoms with van der Waals surface area (Å²) in [6, 6.07) is 9.16. The van der Waals surface area contributed by atoms with E-state index in [0.717, 1.165) is 25.8 Å². The fraction of sp³-hybridized carbons (Fsp3) is 0.459. The lowest BCUT2D eigenvalue weighted by molar-refractivity contribution is 0.0575. The number of rotatable bonds is 6. The van der Waals surface area contributed by atoms with Crippen LogP contribution in [0.25, 0.3) is 32.8 Å². The van der Waals surface area contributed by atoms with Crippen molar-refractivity contribution in [3.8, 4) is 35.2 Å². The topological polar surface area (TPSA) is 83.0 Å². The lowest BCUT2D eigenvalue weighted by atomic mass is 9.92. The van der Waals surface area contributed by atoms with Crippen molar-refractivity contribution in [2.45, 2.75) is 68.4 Å². The summed E-state index contributed by atoms with van der Waals surface area (Å²) >= 11 is 0. The van der Waals surface area contributed by atoms with Crippen LogP contribution in [0.15, 0.2) is 36.4 Å². The number of fused-ring (bicyclic) bond motifs is 5. The number of aromatic nitrogens is 2. The molecule has 2 N–H and O–H groups in total. The van der Waals surface area contributed by atoms with E-state index < -0.39 is 28.9 Å². The largest absolute Gasteiger partial charge is 0.508 e. The Morgan fingerprint density at radius 3 is 2.77 bits per heavy atom. The predicted octanol–water partition coefficient (Wildman–Crippen LogP) is 5.72. The Morgan fingerprint density at radius 2 is 1.98 bits per heavy atom. The van der Waals surface area contributed by atoms with Crippen molar-refractivity contribution in [1.29, 1.82) is 0 Å². The van der Waals surface area contributed by atoms with E-state index in [2.05, 4.69) is 35.0 Å². The highest BCUT2D eigenvalue weighted by molar-refractivity contribution is 6.04. The molecule has 4 aliphatic rings. The maximum atomic E-state index is 17.0. The number of hydrogen-bond donors (Lipinski definition) is 2. The standard InChI is InChI=1S/C37H38F3N5O3/c1-5-21-8-6-9-22-12-24(46)13-25(29(21)22)30-27(39)14-26-32(31(30)40)41-34(48-20-37-10-7-11-45(37)17-23(38)15-37)42-33(26)44-18-35(2)16-28(47-4)36(3,19-44)43-35/h1,6,8-9,12-14,23,28,43,46H,7,10-11,15-20H2,2-4H3/t23-,28?,35+,36-,37+/m1/s1. The third kappa shape index (κ3) is 4.79. The molecule has 1 aromatic heterocycles. The van der Waals surface area contributed by atoms with Crippen LogP contribution in [0.1, 0.15) is 45.1 Å². The Balaban J connectivity index is 1.31. The molecule has 8 nitrogen and oxygen atoms in total. The van der Waals surface area contributed by atoms with Crippen molar-refractivity contribution in [2.75, 3.05) is 44.8 Å². The zero-order valence-electron chi connectivity index (χ0n) is 27.2. The van der Waals surface area contributed by atoms with Gasteiger partial charge in [0.15, 0.2) is 5.82 Å². The van der Waals surface area contributed by atoms with Gasteiger partial charge in [-0.25, -0.2) is 13.2 Å². The maximum Gasteiger partial charge on any atom is 0.319 e. The summed E-state index contributed by atoms with van der Waals surface area (Å²) in [5.41, 5.74) is -1.22. The molecule has 0 spiro atoms. The van der Waals surface area contributed by atoms with Gasteiger partial charge in [0.2, 0.25) is 0 Å². The second kappa shape index (κ2) is 11.0. The summed E-state index contributed by atoms with van der Waals surface area (Å²) in [5, 5.41) is 15.5. The van der Waals surface area contributed by atoms with Crippen molar-refractivity contribution < 1.29 is 27.8 Å².